The molecule has 1 nitrogen and oxygen atoms in total. The molecule has 100 valence electrons. The van der Waals surface area contributed by atoms with Gasteiger partial charge in [0.2, 0.25) is 0 Å². The number of hydrogen-bond acceptors (Lipinski definition) is 1. The molecular weight excluding hydrogens is 258 g/mol. The van der Waals surface area contributed by atoms with E-state index in [4.69, 9.17) is 5.73 Å². The Bertz CT molecular complexity index is 581. The van der Waals surface area contributed by atoms with Gasteiger partial charge >= 0.3 is 0 Å². The summed E-state index contributed by atoms with van der Waals surface area (Å²) in [7, 11) is 0. The van der Waals surface area contributed by atoms with Crippen molar-refractivity contribution in [2.24, 2.45) is 5.73 Å². The molecule has 2 aromatic carbocycles. The van der Waals surface area contributed by atoms with E-state index in [0.717, 1.165) is 12.1 Å². The maximum absolute atomic E-state index is 13.5. The first-order valence-electron chi connectivity index (χ1n) is 5.62. The van der Waals surface area contributed by atoms with Gasteiger partial charge in [-0.25, -0.2) is 17.6 Å². The summed E-state index contributed by atoms with van der Waals surface area (Å²) in [6.45, 7) is 0. The molecule has 0 saturated carbocycles. The molecule has 0 bridgehead atoms. The van der Waals surface area contributed by atoms with Crippen LogP contribution in [0.25, 0.3) is 0 Å². The first kappa shape index (κ1) is 13.5. The summed E-state index contributed by atoms with van der Waals surface area (Å²) in [6.07, 6.45) is 0.197. The Labute approximate surface area is 107 Å². The number of rotatable bonds is 3. The molecule has 0 aromatic heterocycles. The van der Waals surface area contributed by atoms with Crippen LogP contribution in [0.15, 0.2) is 36.4 Å². The lowest BCUT2D eigenvalue weighted by molar-refractivity contribution is 0.435. The zero-order valence-corrected chi connectivity index (χ0v) is 9.84. The minimum absolute atomic E-state index is 0.108. The average molecular weight is 269 g/mol. The van der Waals surface area contributed by atoms with E-state index in [1.807, 2.05) is 0 Å². The number of benzene rings is 2. The Balaban J connectivity index is 2.23. The highest BCUT2D eigenvalue weighted by Crippen LogP contribution is 2.22. The predicted molar refractivity (Wildman–Crippen MR) is 63.3 cm³/mol. The third-order valence-corrected chi connectivity index (χ3v) is 2.83. The molecule has 0 radical (unpaired) electrons. The highest BCUT2D eigenvalue weighted by atomic mass is 19.2. The smallest absolute Gasteiger partial charge is 0.194 e. The van der Waals surface area contributed by atoms with Crippen LogP contribution in [0.4, 0.5) is 17.6 Å². The Morgan fingerprint density at radius 1 is 0.842 bits per heavy atom. The topological polar surface area (TPSA) is 26.0 Å². The summed E-state index contributed by atoms with van der Waals surface area (Å²) in [4.78, 5) is 0. The molecule has 0 amide bonds. The molecule has 0 spiro atoms. The fourth-order valence-electron chi connectivity index (χ4n) is 1.81. The van der Waals surface area contributed by atoms with Crippen molar-refractivity contribution in [3.63, 3.8) is 0 Å². The first-order chi connectivity index (χ1) is 8.99. The van der Waals surface area contributed by atoms with Gasteiger partial charge < -0.3 is 5.73 Å². The Kier molecular flexibility index (Phi) is 3.85. The second kappa shape index (κ2) is 5.40. The maximum Gasteiger partial charge on any atom is 0.194 e. The van der Waals surface area contributed by atoms with Crippen LogP contribution < -0.4 is 5.73 Å². The summed E-state index contributed by atoms with van der Waals surface area (Å²) < 4.78 is 52.1. The van der Waals surface area contributed by atoms with Gasteiger partial charge in [-0.3, -0.25) is 0 Å². The Hall–Kier alpha value is -1.88. The van der Waals surface area contributed by atoms with Crippen molar-refractivity contribution in [1.29, 1.82) is 0 Å². The molecule has 0 aliphatic carbocycles. The minimum Gasteiger partial charge on any atom is -0.324 e. The van der Waals surface area contributed by atoms with E-state index in [1.165, 1.54) is 24.3 Å². The van der Waals surface area contributed by atoms with E-state index in [9.17, 15) is 17.6 Å². The molecule has 0 aliphatic rings. The van der Waals surface area contributed by atoms with Crippen LogP contribution in [0.2, 0.25) is 0 Å². The van der Waals surface area contributed by atoms with Crippen LogP contribution in [0.1, 0.15) is 17.2 Å². The van der Waals surface area contributed by atoms with Crippen LogP contribution in [0.5, 0.6) is 0 Å². The summed E-state index contributed by atoms with van der Waals surface area (Å²) >= 11 is 0. The standard InChI is InChI=1S/C14H11F4N/c15-9-3-1-8(2-4-9)7-12(19)10-5-6-11(16)14(18)13(10)17/h1-6,12H,7,19H2. The molecule has 19 heavy (non-hydrogen) atoms. The maximum atomic E-state index is 13.5. The molecular formula is C14H11F4N. The molecule has 1 atom stereocenters. The summed E-state index contributed by atoms with van der Waals surface area (Å²) in [5, 5.41) is 0. The summed E-state index contributed by atoms with van der Waals surface area (Å²) in [5.41, 5.74) is 6.33. The molecule has 0 saturated heterocycles. The molecule has 5 heteroatoms. The van der Waals surface area contributed by atoms with Crippen molar-refractivity contribution in [3.8, 4) is 0 Å². The molecule has 0 heterocycles. The number of hydrogen-bond donors (Lipinski definition) is 1. The SMILES string of the molecule is NC(Cc1ccc(F)cc1)c1ccc(F)c(F)c1F. The number of halogens is 4. The fourth-order valence-corrected chi connectivity index (χ4v) is 1.81. The average Bonchev–Trinajstić information content (AvgIpc) is 2.39. The quantitative estimate of drug-likeness (QED) is 0.670. The van der Waals surface area contributed by atoms with Gasteiger partial charge in [-0.2, -0.15) is 0 Å². The van der Waals surface area contributed by atoms with Crippen LogP contribution >= 0.6 is 0 Å². The van der Waals surface area contributed by atoms with Crippen molar-refractivity contribution in [3.05, 3.63) is 70.8 Å². The lowest BCUT2D eigenvalue weighted by Gasteiger charge is -2.13. The lowest BCUT2D eigenvalue weighted by Crippen LogP contribution is -2.16. The normalized spacial score (nSPS) is 12.5. The number of nitrogens with two attached hydrogens (primary N) is 1. The Morgan fingerprint density at radius 2 is 1.47 bits per heavy atom. The van der Waals surface area contributed by atoms with E-state index in [1.54, 1.807) is 0 Å². The highest BCUT2D eigenvalue weighted by Gasteiger charge is 2.18. The molecule has 0 aliphatic heterocycles. The van der Waals surface area contributed by atoms with Crippen LogP contribution in [0.3, 0.4) is 0 Å². The summed E-state index contributed by atoms with van der Waals surface area (Å²) in [5.74, 6) is -4.46. The van der Waals surface area contributed by atoms with Gasteiger partial charge in [0.25, 0.3) is 0 Å². The van der Waals surface area contributed by atoms with Gasteiger partial charge in [0.1, 0.15) is 5.82 Å². The van der Waals surface area contributed by atoms with Crippen molar-refractivity contribution in [1.82, 2.24) is 0 Å². The predicted octanol–water partition coefficient (Wildman–Crippen LogP) is 3.49. The van der Waals surface area contributed by atoms with Gasteiger partial charge in [0.05, 0.1) is 0 Å². The van der Waals surface area contributed by atoms with Gasteiger partial charge in [0, 0.05) is 11.6 Å². The van der Waals surface area contributed by atoms with Crippen LogP contribution in [-0.2, 0) is 6.42 Å². The van der Waals surface area contributed by atoms with E-state index in [2.05, 4.69) is 0 Å². The fraction of sp³-hybridized carbons (Fsp3) is 0.143. The first-order valence-corrected chi connectivity index (χ1v) is 5.62. The zero-order chi connectivity index (χ0) is 14.0. The van der Waals surface area contributed by atoms with Gasteiger partial charge in [0.15, 0.2) is 17.5 Å². The third kappa shape index (κ3) is 2.93. The molecule has 0 fully saturated rings. The van der Waals surface area contributed by atoms with Crippen molar-refractivity contribution < 1.29 is 17.6 Å². The highest BCUT2D eigenvalue weighted by molar-refractivity contribution is 5.26. The van der Waals surface area contributed by atoms with Crippen molar-refractivity contribution >= 4 is 0 Å². The lowest BCUT2D eigenvalue weighted by atomic mass is 9.99. The van der Waals surface area contributed by atoms with E-state index in [0.29, 0.717) is 5.56 Å². The zero-order valence-electron chi connectivity index (χ0n) is 9.84. The molecule has 2 aromatic rings. The van der Waals surface area contributed by atoms with Crippen LogP contribution in [0, 0.1) is 23.3 Å². The van der Waals surface area contributed by atoms with Crippen molar-refractivity contribution in [2.75, 3.05) is 0 Å². The van der Waals surface area contributed by atoms with Gasteiger partial charge in [-0.05, 0) is 30.2 Å². The van der Waals surface area contributed by atoms with Gasteiger partial charge in [-0.1, -0.05) is 18.2 Å². The van der Waals surface area contributed by atoms with E-state index >= 15 is 0 Å². The monoisotopic (exact) mass is 269 g/mol. The summed E-state index contributed by atoms with van der Waals surface area (Å²) in [6, 6.07) is 6.63. The Morgan fingerprint density at radius 3 is 2.11 bits per heavy atom. The molecule has 1 unspecified atom stereocenters. The van der Waals surface area contributed by atoms with Crippen molar-refractivity contribution in [2.45, 2.75) is 12.5 Å². The second-order valence-electron chi connectivity index (χ2n) is 4.20. The van der Waals surface area contributed by atoms with Crippen LogP contribution in [-0.4, -0.2) is 0 Å². The molecule has 2 N–H and O–H groups in total. The minimum atomic E-state index is -1.54. The second-order valence-corrected chi connectivity index (χ2v) is 4.20. The molecule has 2 rings (SSSR count). The largest absolute Gasteiger partial charge is 0.324 e. The van der Waals surface area contributed by atoms with E-state index < -0.39 is 29.3 Å². The third-order valence-electron chi connectivity index (χ3n) is 2.83. The van der Waals surface area contributed by atoms with E-state index in [-0.39, 0.29) is 12.0 Å². The van der Waals surface area contributed by atoms with Gasteiger partial charge in [-0.15, -0.1) is 0 Å².